The van der Waals surface area contributed by atoms with E-state index in [0.717, 1.165) is 17.2 Å². The molecule has 0 aromatic carbocycles. The molecule has 0 aliphatic carbocycles. The van der Waals surface area contributed by atoms with Gasteiger partial charge in [-0.25, -0.2) is 0 Å². The predicted octanol–water partition coefficient (Wildman–Crippen LogP) is 3.13. The average molecular weight is 220 g/mol. The van der Waals surface area contributed by atoms with Crippen LogP contribution in [0.25, 0.3) is 0 Å². The van der Waals surface area contributed by atoms with Crippen LogP contribution in [-0.4, -0.2) is 9.78 Å². The zero-order valence-corrected chi connectivity index (χ0v) is 9.31. The Morgan fingerprint density at radius 2 is 1.87 bits per heavy atom. The van der Waals surface area contributed by atoms with E-state index in [1.165, 1.54) is 7.05 Å². The summed E-state index contributed by atoms with van der Waals surface area (Å²) in [5.74, 6) is 0. The van der Waals surface area contributed by atoms with E-state index in [0.29, 0.717) is 5.69 Å². The van der Waals surface area contributed by atoms with E-state index >= 15 is 0 Å². The molecule has 0 unspecified atom stereocenters. The van der Waals surface area contributed by atoms with Crippen LogP contribution in [0, 0.1) is 0 Å². The van der Waals surface area contributed by atoms with Gasteiger partial charge in [-0.1, -0.05) is 20.8 Å². The zero-order chi connectivity index (χ0) is 11.9. The summed E-state index contributed by atoms with van der Waals surface area (Å²) in [6.07, 6.45) is -3.58. The molecule has 0 N–H and O–H groups in total. The molecule has 2 nitrogen and oxygen atoms in total. The van der Waals surface area contributed by atoms with Gasteiger partial charge in [0.2, 0.25) is 0 Å². The van der Waals surface area contributed by atoms with Crippen molar-refractivity contribution in [2.24, 2.45) is 7.05 Å². The minimum atomic E-state index is -4.33. The Morgan fingerprint density at radius 1 is 1.33 bits per heavy atom. The second-order valence-electron chi connectivity index (χ2n) is 4.27. The molecular formula is C10H15F3N2. The molecule has 1 aromatic rings. The molecule has 0 atom stereocenters. The highest BCUT2D eigenvalue weighted by atomic mass is 19.4. The van der Waals surface area contributed by atoms with E-state index in [2.05, 4.69) is 5.10 Å². The Labute approximate surface area is 87.1 Å². The quantitative estimate of drug-likeness (QED) is 0.748. The van der Waals surface area contributed by atoms with Gasteiger partial charge < -0.3 is 0 Å². The Bertz CT molecular complexity index is 350. The van der Waals surface area contributed by atoms with Gasteiger partial charge in [0, 0.05) is 12.5 Å². The molecule has 0 radical (unpaired) electrons. The first-order chi connectivity index (χ1) is 6.68. The first-order valence-corrected chi connectivity index (χ1v) is 4.80. The van der Waals surface area contributed by atoms with Crippen LogP contribution < -0.4 is 0 Å². The molecule has 0 bridgehead atoms. The molecule has 0 spiro atoms. The van der Waals surface area contributed by atoms with Gasteiger partial charge in [-0.3, -0.25) is 4.68 Å². The molecule has 15 heavy (non-hydrogen) atoms. The van der Waals surface area contributed by atoms with Gasteiger partial charge in [0.15, 0.2) is 0 Å². The second-order valence-corrected chi connectivity index (χ2v) is 4.27. The summed E-state index contributed by atoms with van der Waals surface area (Å²) >= 11 is 0. The topological polar surface area (TPSA) is 17.8 Å². The molecule has 1 heterocycles. The highest BCUT2D eigenvalue weighted by Crippen LogP contribution is 2.33. The lowest BCUT2D eigenvalue weighted by Gasteiger charge is -2.19. The molecule has 0 aliphatic heterocycles. The van der Waals surface area contributed by atoms with Crippen molar-refractivity contribution in [2.45, 2.75) is 38.8 Å². The highest BCUT2D eigenvalue weighted by molar-refractivity contribution is 5.20. The van der Waals surface area contributed by atoms with Crippen molar-refractivity contribution < 1.29 is 13.2 Å². The van der Waals surface area contributed by atoms with Crippen LogP contribution in [0.4, 0.5) is 13.2 Å². The Kier molecular flexibility index (Phi) is 2.85. The first-order valence-electron chi connectivity index (χ1n) is 4.80. The van der Waals surface area contributed by atoms with Crippen molar-refractivity contribution in [1.29, 1.82) is 0 Å². The largest absolute Gasteiger partial charge is 0.433 e. The molecule has 0 aliphatic rings. The summed E-state index contributed by atoms with van der Waals surface area (Å²) in [7, 11) is 1.32. The van der Waals surface area contributed by atoms with E-state index < -0.39 is 11.9 Å². The molecule has 0 fully saturated rings. The standard InChI is InChI=1S/C10H15F3N2/c1-5-9(2,3)7-6-8(10(11,12)13)15(4)14-7/h6H,5H2,1-4H3. The second kappa shape index (κ2) is 3.54. The van der Waals surface area contributed by atoms with E-state index in [1.807, 2.05) is 20.8 Å². The van der Waals surface area contributed by atoms with E-state index in [1.54, 1.807) is 0 Å². The smallest absolute Gasteiger partial charge is 0.263 e. The molecule has 1 rings (SSSR count). The fourth-order valence-electron chi connectivity index (χ4n) is 1.24. The van der Waals surface area contributed by atoms with Crippen molar-refractivity contribution in [1.82, 2.24) is 9.78 Å². The van der Waals surface area contributed by atoms with Crippen molar-refractivity contribution in [3.63, 3.8) is 0 Å². The van der Waals surface area contributed by atoms with Crippen molar-refractivity contribution >= 4 is 0 Å². The third-order valence-electron chi connectivity index (χ3n) is 2.75. The summed E-state index contributed by atoms with van der Waals surface area (Å²) < 4.78 is 38.4. The van der Waals surface area contributed by atoms with Crippen LogP contribution in [0.3, 0.4) is 0 Å². The zero-order valence-electron chi connectivity index (χ0n) is 9.31. The monoisotopic (exact) mass is 220 g/mol. The van der Waals surface area contributed by atoms with Gasteiger partial charge in [-0.15, -0.1) is 0 Å². The summed E-state index contributed by atoms with van der Waals surface area (Å²) in [6, 6.07) is 1.13. The minimum Gasteiger partial charge on any atom is -0.263 e. The summed E-state index contributed by atoms with van der Waals surface area (Å²) in [5, 5.41) is 3.92. The van der Waals surface area contributed by atoms with Crippen LogP contribution >= 0.6 is 0 Å². The summed E-state index contributed by atoms with van der Waals surface area (Å²) in [4.78, 5) is 0. The molecule has 0 saturated heterocycles. The maximum Gasteiger partial charge on any atom is 0.433 e. The third kappa shape index (κ3) is 2.33. The number of hydrogen-bond acceptors (Lipinski definition) is 1. The van der Waals surface area contributed by atoms with Crippen molar-refractivity contribution in [3.8, 4) is 0 Å². The lowest BCUT2D eigenvalue weighted by Crippen LogP contribution is -2.16. The minimum absolute atomic E-state index is 0.318. The molecule has 5 heteroatoms. The molecule has 1 aromatic heterocycles. The SMILES string of the molecule is CCC(C)(C)c1cc(C(F)(F)F)n(C)n1. The molecule has 86 valence electrons. The summed E-state index contributed by atoms with van der Waals surface area (Å²) in [5.41, 5.74) is -0.528. The normalized spacial score (nSPS) is 13.3. The summed E-state index contributed by atoms with van der Waals surface area (Å²) in [6.45, 7) is 5.70. The Hall–Kier alpha value is -1.00. The van der Waals surface area contributed by atoms with Crippen LogP contribution in [0.5, 0.6) is 0 Å². The lowest BCUT2D eigenvalue weighted by molar-refractivity contribution is -0.143. The number of aryl methyl sites for hydroxylation is 1. The van der Waals surface area contributed by atoms with E-state index in [4.69, 9.17) is 0 Å². The van der Waals surface area contributed by atoms with Crippen LogP contribution in [0.1, 0.15) is 38.6 Å². The Morgan fingerprint density at radius 3 is 2.20 bits per heavy atom. The van der Waals surface area contributed by atoms with E-state index in [9.17, 15) is 13.2 Å². The van der Waals surface area contributed by atoms with Crippen LogP contribution in [-0.2, 0) is 18.6 Å². The van der Waals surface area contributed by atoms with Crippen molar-refractivity contribution in [3.05, 3.63) is 17.5 Å². The van der Waals surface area contributed by atoms with Gasteiger partial charge in [0.1, 0.15) is 5.69 Å². The van der Waals surface area contributed by atoms with Gasteiger partial charge in [-0.05, 0) is 12.5 Å². The number of halogens is 3. The fraction of sp³-hybridized carbons (Fsp3) is 0.700. The first kappa shape index (κ1) is 12.1. The number of rotatable bonds is 2. The van der Waals surface area contributed by atoms with Crippen LogP contribution in [0.15, 0.2) is 6.07 Å². The fourth-order valence-corrected chi connectivity index (χ4v) is 1.24. The number of alkyl halides is 3. The molecule has 0 saturated carbocycles. The van der Waals surface area contributed by atoms with Gasteiger partial charge in [0.25, 0.3) is 0 Å². The maximum atomic E-state index is 12.5. The maximum absolute atomic E-state index is 12.5. The van der Waals surface area contributed by atoms with Gasteiger partial charge >= 0.3 is 6.18 Å². The number of hydrogen-bond donors (Lipinski definition) is 0. The average Bonchev–Trinajstić information content (AvgIpc) is 2.47. The van der Waals surface area contributed by atoms with Crippen molar-refractivity contribution in [2.75, 3.05) is 0 Å². The molecular weight excluding hydrogens is 205 g/mol. The Balaban J connectivity index is 3.17. The van der Waals surface area contributed by atoms with E-state index in [-0.39, 0.29) is 5.41 Å². The van der Waals surface area contributed by atoms with Crippen LogP contribution in [0.2, 0.25) is 0 Å². The molecule has 0 amide bonds. The van der Waals surface area contributed by atoms with Gasteiger partial charge in [-0.2, -0.15) is 18.3 Å². The third-order valence-corrected chi connectivity index (χ3v) is 2.75. The lowest BCUT2D eigenvalue weighted by atomic mass is 9.86. The van der Waals surface area contributed by atoms with Gasteiger partial charge in [0.05, 0.1) is 5.69 Å². The predicted molar refractivity (Wildman–Crippen MR) is 51.5 cm³/mol. The number of aromatic nitrogens is 2. The number of nitrogens with zero attached hydrogens (tertiary/aromatic N) is 2. The highest BCUT2D eigenvalue weighted by Gasteiger charge is 2.36.